The van der Waals surface area contributed by atoms with Crippen molar-refractivity contribution in [1.29, 1.82) is 0 Å². The topological polar surface area (TPSA) is 51.0 Å². The molecular weight excluding hydrogens is 325 g/mol. The normalized spacial score (nSPS) is 14.7. The summed E-state index contributed by atoms with van der Waals surface area (Å²) in [6.45, 7) is 0.964. The molecule has 0 spiro atoms. The fourth-order valence-electron chi connectivity index (χ4n) is 1.96. The molecule has 1 aromatic heterocycles. The van der Waals surface area contributed by atoms with Gasteiger partial charge in [-0.15, -0.1) is 10.2 Å². The van der Waals surface area contributed by atoms with E-state index in [1.54, 1.807) is 6.07 Å². The highest BCUT2D eigenvalue weighted by molar-refractivity contribution is 9.10. The van der Waals surface area contributed by atoms with Crippen molar-refractivity contribution < 1.29 is 8.81 Å². The summed E-state index contributed by atoms with van der Waals surface area (Å²) in [5, 5.41) is 11.4. The molecular formula is C14H15BrFN3O. The SMILES string of the molecule is Fc1ccc(Br)c(-c2nnc(CCCNC3CC3)o2)c1. The Morgan fingerprint density at radius 1 is 1.35 bits per heavy atom. The highest BCUT2D eigenvalue weighted by Crippen LogP contribution is 2.28. The van der Waals surface area contributed by atoms with Crippen LogP contribution in [0.1, 0.15) is 25.2 Å². The molecule has 0 amide bonds. The van der Waals surface area contributed by atoms with Gasteiger partial charge in [0.15, 0.2) is 0 Å². The molecule has 106 valence electrons. The standard InChI is InChI=1S/C14H15BrFN3O/c15-12-6-3-9(16)8-11(12)14-19-18-13(20-14)2-1-7-17-10-4-5-10/h3,6,8,10,17H,1-2,4-5,7H2. The van der Waals surface area contributed by atoms with Crippen LogP contribution in [-0.2, 0) is 6.42 Å². The zero-order valence-electron chi connectivity index (χ0n) is 10.9. The molecule has 1 aliphatic carbocycles. The van der Waals surface area contributed by atoms with Crippen molar-refractivity contribution in [2.75, 3.05) is 6.54 Å². The van der Waals surface area contributed by atoms with E-state index in [-0.39, 0.29) is 5.82 Å². The number of nitrogens with zero attached hydrogens (tertiary/aromatic N) is 2. The number of halogens is 2. The summed E-state index contributed by atoms with van der Waals surface area (Å²) in [4.78, 5) is 0. The van der Waals surface area contributed by atoms with E-state index in [4.69, 9.17) is 4.42 Å². The average molecular weight is 340 g/mol. The van der Waals surface area contributed by atoms with Gasteiger partial charge in [0.2, 0.25) is 11.8 Å². The summed E-state index contributed by atoms with van der Waals surface area (Å²) in [6.07, 6.45) is 4.28. The lowest BCUT2D eigenvalue weighted by atomic mass is 10.2. The van der Waals surface area contributed by atoms with Crippen molar-refractivity contribution in [2.24, 2.45) is 0 Å². The maximum atomic E-state index is 13.3. The summed E-state index contributed by atoms with van der Waals surface area (Å²) < 4.78 is 19.6. The second kappa shape index (κ2) is 6.01. The first-order valence-electron chi connectivity index (χ1n) is 6.73. The van der Waals surface area contributed by atoms with E-state index in [1.807, 2.05) is 0 Å². The first-order valence-corrected chi connectivity index (χ1v) is 7.53. The zero-order chi connectivity index (χ0) is 13.9. The lowest BCUT2D eigenvalue weighted by Gasteiger charge is -2.00. The predicted molar refractivity (Wildman–Crippen MR) is 76.7 cm³/mol. The number of rotatable bonds is 6. The van der Waals surface area contributed by atoms with E-state index in [9.17, 15) is 4.39 Å². The monoisotopic (exact) mass is 339 g/mol. The maximum Gasteiger partial charge on any atom is 0.248 e. The van der Waals surface area contributed by atoms with Crippen molar-refractivity contribution >= 4 is 15.9 Å². The highest BCUT2D eigenvalue weighted by Gasteiger charge is 2.19. The fraction of sp³-hybridized carbons (Fsp3) is 0.429. The molecule has 1 N–H and O–H groups in total. The molecule has 0 radical (unpaired) electrons. The van der Waals surface area contributed by atoms with Gasteiger partial charge in [0, 0.05) is 16.9 Å². The van der Waals surface area contributed by atoms with E-state index in [1.165, 1.54) is 25.0 Å². The van der Waals surface area contributed by atoms with Crippen LogP contribution in [0, 0.1) is 5.82 Å². The van der Waals surface area contributed by atoms with Gasteiger partial charge < -0.3 is 9.73 Å². The third kappa shape index (κ3) is 3.43. The zero-order valence-corrected chi connectivity index (χ0v) is 12.5. The van der Waals surface area contributed by atoms with Crippen molar-refractivity contribution in [3.05, 3.63) is 34.4 Å². The molecule has 3 rings (SSSR count). The number of nitrogens with one attached hydrogen (secondary N) is 1. The Labute approximate surface area is 124 Å². The van der Waals surface area contributed by atoms with E-state index < -0.39 is 0 Å². The Morgan fingerprint density at radius 3 is 3.00 bits per heavy atom. The number of hydrogen-bond acceptors (Lipinski definition) is 4. The molecule has 1 aliphatic rings. The minimum absolute atomic E-state index is 0.323. The second-order valence-corrected chi connectivity index (χ2v) is 5.81. The molecule has 2 aromatic rings. The lowest BCUT2D eigenvalue weighted by Crippen LogP contribution is -2.17. The summed E-state index contributed by atoms with van der Waals surface area (Å²) in [5.74, 6) is 0.617. The molecule has 1 heterocycles. The maximum absolute atomic E-state index is 13.3. The van der Waals surface area contributed by atoms with Gasteiger partial charge in [0.25, 0.3) is 0 Å². The van der Waals surface area contributed by atoms with Gasteiger partial charge in [-0.2, -0.15) is 0 Å². The molecule has 4 nitrogen and oxygen atoms in total. The first kappa shape index (κ1) is 13.7. The lowest BCUT2D eigenvalue weighted by molar-refractivity contribution is 0.490. The average Bonchev–Trinajstić information content (AvgIpc) is 3.15. The Hall–Kier alpha value is -1.27. The molecule has 0 aliphatic heterocycles. The third-order valence-corrected chi connectivity index (χ3v) is 3.89. The molecule has 0 unspecified atom stereocenters. The summed E-state index contributed by atoms with van der Waals surface area (Å²) in [7, 11) is 0. The van der Waals surface area contributed by atoms with Crippen LogP contribution in [0.3, 0.4) is 0 Å². The van der Waals surface area contributed by atoms with Crippen LogP contribution in [0.5, 0.6) is 0 Å². The van der Waals surface area contributed by atoms with Crippen LogP contribution in [-0.4, -0.2) is 22.8 Å². The Morgan fingerprint density at radius 2 is 2.20 bits per heavy atom. The molecule has 0 atom stereocenters. The van der Waals surface area contributed by atoms with E-state index in [0.29, 0.717) is 17.3 Å². The first-order chi connectivity index (χ1) is 9.72. The van der Waals surface area contributed by atoms with Crippen molar-refractivity contribution in [2.45, 2.75) is 31.7 Å². The van der Waals surface area contributed by atoms with E-state index in [2.05, 4.69) is 31.4 Å². The van der Waals surface area contributed by atoms with Crippen LogP contribution in [0.2, 0.25) is 0 Å². The number of hydrogen-bond donors (Lipinski definition) is 1. The van der Waals surface area contributed by atoms with Gasteiger partial charge in [-0.25, -0.2) is 4.39 Å². The van der Waals surface area contributed by atoms with Crippen molar-refractivity contribution in [1.82, 2.24) is 15.5 Å². The van der Waals surface area contributed by atoms with Crippen LogP contribution >= 0.6 is 15.9 Å². The number of aromatic nitrogens is 2. The molecule has 0 bridgehead atoms. The van der Waals surface area contributed by atoms with Crippen LogP contribution in [0.25, 0.3) is 11.5 Å². The van der Waals surface area contributed by atoms with Gasteiger partial charge in [-0.1, -0.05) is 0 Å². The minimum Gasteiger partial charge on any atom is -0.421 e. The van der Waals surface area contributed by atoms with Gasteiger partial charge in [-0.3, -0.25) is 0 Å². The Bertz CT molecular complexity index is 598. The molecule has 20 heavy (non-hydrogen) atoms. The molecule has 0 saturated heterocycles. The summed E-state index contributed by atoms with van der Waals surface area (Å²) in [6, 6.07) is 5.12. The van der Waals surface area contributed by atoms with Crippen LogP contribution in [0.15, 0.2) is 27.1 Å². The second-order valence-electron chi connectivity index (χ2n) is 4.96. The fourth-order valence-corrected chi connectivity index (χ4v) is 2.37. The third-order valence-electron chi connectivity index (χ3n) is 3.20. The largest absolute Gasteiger partial charge is 0.421 e. The molecule has 6 heteroatoms. The van der Waals surface area contributed by atoms with Crippen LogP contribution < -0.4 is 5.32 Å². The summed E-state index contributed by atoms with van der Waals surface area (Å²) in [5.41, 5.74) is 0.583. The van der Waals surface area contributed by atoms with E-state index in [0.717, 1.165) is 29.9 Å². The molecule has 1 aromatic carbocycles. The molecule has 1 saturated carbocycles. The predicted octanol–water partition coefficient (Wildman–Crippen LogP) is 3.32. The van der Waals surface area contributed by atoms with Crippen LogP contribution in [0.4, 0.5) is 4.39 Å². The van der Waals surface area contributed by atoms with E-state index >= 15 is 0 Å². The Balaban J connectivity index is 1.61. The van der Waals surface area contributed by atoms with Gasteiger partial charge in [-0.05, 0) is 59.9 Å². The van der Waals surface area contributed by atoms with Gasteiger partial charge in [0.1, 0.15) is 5.82 Å². The summed E-state index contributed by atoms with van der Waals surface area (Å²) >= 11 is 3.36. The highest BCUT2D eigenvalue weighted by atomic mass is 79.9. The van der Waals surface area contributed by atoms with Crippen molar-refractivity contribution in [3.8, 4) is 11.5 Å². The van der Waals surface area contributed by atoms with Crippen molar-refractivity contribution in [3.63, 3.8) is 0 Å². The Kier molecular flexibility index (Phi) is 4.12. The van der Waals surface area contributed by atoms with Gasteiger partial charge >= 0.3 is 0 Å². The minimum atomic E-state index is -0.323. The quantitative estimate of drug-likeness (QED) is 0.820. The molecule has 1 fully saturated rings. The number of aryl methyl sites for hydroxylation is 1. The smallest absolute Gasteiger partial charge is 0.248 e. The number of benzene rings is 1. The van der Waals surface area contributed by atoms with Gasteiger partial charge in [0.05, 0.1) is 5.56 Å².